The Kier molecular flexibility index (Phi) is 5.07. The second-order valence-electron chi connectivity index (χ2n) is 7.11. The van der Waals surface area contributed by atoms with E-state index < -0.39 is 18.2 Å². The minimum absolute atomic E-state index is 0.0924. The van der Waals surface area contributed by atoms with Crippen LogP contribution in [0.15, 0.2) is 54.6 Å². The molecule has 2 heterocycles. The van der Waals surface area contributed by atoms with Gasteiger partial charge in [-0.2, -0.15) is 0 Å². The number of piperazine rings is 2. The van der Waals surface area contributed by atoms with Crippen LogP contribution >= 0.6 is 0 Å². The molecule has 0 bridgehead atoms. The van der Waals surface area contributed by atoms with Gasteiger partial charge in [-0.05, 0) is 29.8 Å². The third kappa shape index (κ3) is 4.01. The lowest BCUT2D eigenvalue weighted by molar-refractivity contribution is -0.152. The lowest BCUT2D eigenvalue weighted by Crippen LogP contribution is -2.70. The van der Waals surface area contributed by atoms with E-state index in [0.717, 1.165) is 5.56 Å². The normalized spacial score (nSPS) is 21.4. The van der Waals surface area contributed by atoms with E-state index >= 15 is 0 Å². The van der Waals surface area contributed by atoms with Crippen molar-refractivity contribution in [3.8, 4) is 11.5 Å². The van der Waals surface area contributed by atoms with Crippen LogP contribution in [0.5, 0.6) is 11.5 Å². The topological polar surface area (TPSA) is 99.2 Å². The number of aromatic hydroxyl groups is 1. The lowest BCUT2D eigenvalue weighted by atomic mass is 9.98. The molecular weight excluding hydrogens is 374 g/mol. The van der Waals surface area contributed by atoms with Gasteiger partial charge in [-0.1, -0.05) is 30.3 Å². The highest BCUT2D eigenvalue weighted by atomic mass is 16.6. The van der Waals surface area contributed by atoms with Gasteiger partial charge in [0.25, 0.3) is 0 Å². The summed E-state index contributed by atoms with van der Waals surface area (Å²) in [4.78, 5) is 40.9. The minimum atomic E-state index is -0.726. The number of amides is 3. The van der Waals surface area contributed by atoms with Crippen LogP contribution in [0.25, 0.3) is 0 Å². The number of phenolic OH excluding ortho intramolecular Hbond substituents is 1. The maximum Gasteiger partial charge on any atom is 0.415 e. The van der Waals surface area contributed by atoms with Crippen molar-refractivity contribution in [2.24, 2.45) is 0 Å². The second-order valence-corrected chi connectivity index (χ2v) is 7.11. The number of benzene rings is 2. The van der Waals surface area contributed by atoms with E-state index in [-0.39, 0.29) is 30.7 Å². The Hall–Kier alpha value is -3.55. The fourth-order valence-electron chi connectivity index (χ4n) is 3.63. The first kappa shape index (κ1) is 18.8. The van der Waals surface area contributed by atoms with Crippen molar-refractivity contribution >= 4 is 17.9 Å². The van der Waals surface area contributed by atoms with Gasteiger partial charge in [0.2, 0.25) is 11.8 Å². The predicted molar refractivity (Wildman–Crippen MR) is 103 cm³/mol. The summed E-state index contributed by atoms with van der Waals surface area (Å²) in [5.74, 6) is 0.119. The highest BCUT2D eigenvalue weighted by molar-refractivity contribution is 5.97. The monoisotopic (exact) mass is 395 g/mol. The molecule has 0 aliphatic carbocycles. The smallest absolute Gasteiger partial charge is 0.415 e. The Balaban J connectivity index is 1.40. The number of ether oxygens (including phenoxy) is 1. The third-order valence-corrected chi connectivity index (χ3v) is 5.16. The standard InChI is InChI=1S/C21H21N3O5/c25-15-8-6-14(7-9-15)12-17-20(27)24-11-10-23(13-18(24)19(26)22-17)21(28)29-16-4-2-1-3-5-16/h1-9,17-18,25H,10-13H2,(H,22,26)/t17-,18+/m0/s1. The molecular formula is C21H21N3O5. The summed E-state index contributed by atoms with van der Waals surface area (Å²) in [5.41, 5.74) is 0.838. The summed E-state index contributed by atoms with van der Waals surface area (Å²) < 4.78 is 5.34. The summed E-state index contributed by atoms with van der Waals surface area (Å²) in [6.07, 6.45) is -0.198. The Morgan fingerprint density at radius 3 is 2.52 bits per heavy atom. The quantitative estimate of drug-likeness (QED) is 0.812. The largest absolute Gasteiger partial charge is 0.508 e. The SMILES string of the molecule is O=C1N[C@@H](Cc2ccc(O)cc2)C(=O)N2CCN(C(=O)Oc3ccccc3)C[C@H]12. The number of hydrogen-bond acceptors (Lipinski definition) is 5. The Labute approximate surface area is 167 Å². The maximum absolute atomic E-state index is 12.9. The van der Waals surface area contributed by atoms with Crippen LogP contribution in [0.3, 0.4) is 0 Å². The summed E-state index contributed by atoms with van der Waals surface area (Å²) in [7, 11) is 0. The van der Waals surface area contributed by atoms with Gasteiger partial charge in [-0.25, -0.2) is 4.79 Å². The van der Waals surface area contributed by atoms with Crippen LogP contribution in [0.2, 0.25) is 0 Å². The first-order valence-electron chi connectivity index (χ1n) is 9.42. The number of para-hydroxylation sites is 1. The highest BCUT2D eigenvalue weighted by Crippen LogP contribution is 2.20. The molecule has 29 heavy (non-hydrogen) atoms. The van der Waals surface area contributed by atoms with Crippen LogP contribution in [0.4, 0.5) is 4.79 Å². The average Bonchev–Trinajstić information content (AvgIpc) is 2.74. The molecule has 2 saturated heterocycles. The van der Waals surface area contributed by atoms with Crippen molar-refractivity contribution in [2.75, 3.05) is 19.6 Å². The number of nitrogens with one attached hydrogen (secondary N) is 1. The first-order chi connectivity index (χ1) is 14.0. The van der Waals surface area contributed by atoms with Crippen molar-refractivity contribution in [3.05, 3.63) is 60.2 Å². The zero-order chi connectivity index (χ0) is 20.4. The highest BCUT2D eigenvalue weighted by Gasteiger charge is 2.44. The molecule has 2 aliphatic rings. The van der Waals surface area contributed by atoms with E-state index in [9.17, 15) is 19.5 Å². The molecule has 0 saturated carbocycles. The number of rotatable bonds is 3. The number of fused-ring (bicyclic) bond motifs is 1. The van der Waals surface area contributed by atoms with Gasteiger partial charge in [0.1, 0.15) is 23.6 Å². The fraction of sp³-hybridized carbons (Fsp3) is 0.286. The van der Waals surface area contributed by atoms with E-state index in [1.54, 1.807) is 48.5 Å². The molecule has 2 fully saturated rings. The van der Waals surface area contributed by atoms with Gasteiger partial charge in [-0.3, -0.25) is 9.59 Å². The van der Waals surface area contributed by atoms with Gasteiger partial charge >= 0.3 is 6.09 Å². The van der Waals surface area contributed by atoms with E-state index in [1.165, 1.54) is 9.80 Å². The molecule has 2 atom stereocenters. The first-order valence-corrected chi connectivity index (χ1v) is 9.42. The number of carbonyl (C=O) groups is 3. The number of phenols is 1. The molecule has 2 N–H and O–H groups in total. The second kappa shape index (κ2) is 7.83. The van der Waals surface area contributed by atoms with E-state index in [4.69, 9.17) is 4.74 Å². The molecule has 2 aliphatic heterocycles. The molecule has 0 spiro atoms. The molecule has 0 radical (unpaired) electrons. The minimum Gasteiger partial charge on any atom is -0.508 e. The molecule has 150 valence electrons. The maximum atomic E-state index is 12.9. The average molecular weight is 395 g/mol. The number of hydrogen-bond donors (Lipinski definition) is 2. The molecule has 8 heteroatoms. The molecule has 0 unspecified atom stereocenters. The van der Waals surface area contributed by atoms with Crippen molar-refractivity contribution in [1.29, 1.82) is 0 Å². The molecule has 2 aromatic rings. The number of nitrogens with zero attached hydrogens (tertiary/aromatic N) is 2. The van der Waals surface area contributed by atoms with Crippen LogP contribution in [0, 0.1) is 0 Å². The van der Waals surface area contributed by atoms with Gasteiger partial charge in [0, 0.05) is 19.5 Å². The van der Waals surface area contributed by atoms with E-state index in [2.05, 4.69) is 5.32 Å². The van der Waals surface area contributed by atoms with Gasteiger partial charge < -0.3 is 25.0 Å². The van der Waals surface area contributed by atoms with Crippen molar-refractivity contribution in [1.82, 2.24) is 15.1 Å². The van der Waals surface area contributed by atoms with E-state index in [0.29, 0.717) is 18.7 Å². The van der Waals surface area contributed by atoms with Crippen LogP contribution in [-0.4, -0.2) is 64.5 Å². The molecule has 2 aromatic carbocycles. The van der Waals surface area contributed by atoms with Crippen molar-refractivity contribution < 1.29 is 24.2 Å². The summed E-state index contributed by atoms with van der Waals surface area (Å²) in [6, 6.07) is 13.9. The van der Waals surface area contributed by atoms with Gasteiger partial charge in [0.15, 0.2) is 0 Å². The van der Waals surface area contributed by atoms with Crippen LogP contribution in [-0.2, 0) is 16.0 Å². The van der Waals surface area contributed by atoms with Gasteiger partial charge in [0.05, 0.1) is 6.54 Å². The van der Waals surface area contributed by atoms with Gasteiger partial charge in [-0.15, -0.1) is 0 Å². The third-order valence-electron chi connectivity index (χ3n) is 5.16. The molecule has 0 aromatic heterocycles. The summed E-state index contributed by atoms with van der Waals surface area (Å²) in [5, 5.41) is 12.2. The van der Waals surface area contributed by atoms with Crippen LogP contribution in [0.1, 0.15) is 5.56 Å². The fourth-order valence-corrected chi connectivity index (χ4v) is 3.63. The molecule has 8 nitrogen and oxygen atoms in total. The lowest BCUT2D eigenvalue weighted by Gasteiger charge is -2.44. The Morgan fingerprint density at radius 1 is 1.07 bits per heavy atom. The van der Waals surface area contributed by atoms with Crippen LogP contribution < -0.4 is 10.1 Å². The predicted octanol–water partition coefficient (Wildman–Crippen LogP) is 1.14. The summed E-state index contributed by atoms with van der Waals surface area (Å²) >= 11 is 0. The summed E-state index contributed by atoms with van der Waals surface area (Å²) in [6.45, 7) is 0.662. The number of carbonyl (C=O) groups excluding carboxylic acids is 3. The van der Waals surface area contributed by atoms with Crippen molar-refractivity contribution in [3.63, 3.8) is 0 Å². The molecule has 4 rings (SSSR count). The molecule has 3 amide bonds. The Morgan fingerprint density at radius 2 is 1.79 bits per heavy atom. The zero-order valence-electron chi connectivity index (χ0n) is 15.7. The zero-order valence-corrected chi connectivity index (χ0v) is 15.7. The van der Waals surface area contributed by atoms with E-state index in [1.807, 2.05) is 6.07 Å². The van der Waals surface area contributed by atoms with Crippen molar-refractivity contribution in [2.45, 2.75) is 18.5 Å². The Bertz CT molecular complexity index is 916.